The van der Waals surface area contributed by atoms with E-state index in [1.807, 2.05) is 66.7 Å². The van der Waals surface area contributed by atoms with Crippen LogP contribution in [0.15, 0.2) is 72.8 Å². The molecule has 0 atom stereocenters. The molecule has 0 aromatic heterocycles. The van der Waals surface area contributed by atoms with Crippen LogP contribution in [0.2, 0.25) is 0 Å². The fourth-order valence-electron chi connectivity index (χ4n) is 3.04. The molecule has 0 heterocycles. The third-order valence-corrected chi connectivity index (χ3v) is 4.39. The molecule has 0 saturated heterocycles. The second kappa shape index (κ2) is 9.33. The minimum atomic E-state index is -0.460. The lowest BCUT2D eigenvalue weighted by Gasteiger charge is -2.21. The second-order valence-electron chi connectivity index (χ2n) is 6.26. The van der Waals surface area contributed by atoms with Crippen molar-refractivity contribution in [1.29, 1.82) is 5.26 Å². The Labute approximate surface area is 163 Å². The Morgan fingerprint density at radius 2 is 1.64 bits per heavy atom. The third-order valence-electron chi connectivity index (χ3n) is 4.39. The molecule has 0 fully saturated rings. The van der Waals surface area contributed by atoms with Gasteiger partial charge in [0.1, 0.15) is 0 Å². The zero-order valence-electron chi connectivity index (χ0n) is 15.4. The summed E-state index contributed by atoms with van der Waals surface area (Å²) in [5.74, 6) is -0.814. The van der Waals surface area contributed by atoms with E-state index in [0.29, 0.717) is 5.69 Å². The molecule has 28 heavy (non-hydrogen) atoms. The van der Waals surface area contributed by atoms with Crippen LogP contribution in [0, 0.1) is 11.3 Å². The number of benzene rings is 3. The van der Waals surface area contributed by atoms with Crippen LogP contribution >= 0.6 is 0 Å². The predicted molar refractivity (Wildman–Crippen MR) is 108 cm³/mol. The number of hydrogen-bond acceptors (Lipinski definition) is 4. The second-order valence-corrected chi connectivity index (χ2v) is 6.26. The maximum atomic E-state index is 12.6. The summed E-state index contributed by atoms with van der Waals surface area (Å²) in [5.41, 5.74) is 1.53. The molecule has 0 unspecified atom stereocenters. The van der Waals surface area contributed by atoms with Gasteiger partial charge >= 0.3 is 5.97 Å². The summed E-state index contributed by atoms with van der Waals surface area (Å²) in [6.45, 7) is -0.107. The summed E-state index contributed by atoms with van der Waals surface area (Å²) in [4.78, 5) is 26.3. The maximum Gasteiger partial charge on any atom is 0.310 e. The normalized spacial score (nSPS) is 10.2. The van der Waals surface area contributed by atoms with Crippen molar-refractivity contribution in [3.05, 3.63) is 78.4 Å². The molecule has 0 aliphatic carbocycles. The number of para-hydroxylation sites is 1. The van der Waals surface area contributed by atoms with Crippen LogP contribution in [0.4, 0.5) is 5.69 Å². The van der Waals surface area contributed by atoms with Crippen molar-refractivity contribution in [3.8, 4) is 6.07 Å². The number of anilines is 1. The fourth-order valence-corrected chi connectivity index (χ4v) is 3.04. The highest BCUT2D eigenvalue weighted by atomic mass is 16.5. The van der Waals surface area contributed by atoms with Crippen LogP contribution < -0.4 is 4.90 Å². The largest absolute Gasteiger partial charge is 0.455 e. The molecule has 0 spiro atoms. The van der Waals surface area contributed by atoms with Gasteiger partial charge in [-0.3, -0.25) is 9.59 Å². The molecule has 3 aromatic rings. The van der Waals surface area contributed by atoms with E-state index in [-0.39, 0.29) is 31.9 Å². The number of amides is 1. The quantitative estimate of drug-likeness (QED) is 0.590. The highest BCUT2D eigenvalue weighted by Gasteiger charge is 2.17. The van der Waals surface area contributed by atoms with Gasteiger partial charge in [-0.05, 0) is 28.5 Å². The van der Waals surface area contributed by atoms with Gasteiger partial charge in [0.15, 0.2) is 6.61 Å². The summed E-state index contributed by atoms with van der Waals surface area (Å²) in [7, 11) is 0. The average molecular weight is 372 g/mol. The molecule has 0 N–H and O–H groups in total. The summed E-state index contributed by atoms with van der Waals surface area (Å²) in [6.07, 6.45) is 0.294. The first-order valence-electron chi connectivity index (χ1n) is 9.03. The molecule has 3 aromatic carbocycles. The van der Waals surface area contributed by atoms with E-state index in [4.69, 9.17) is 10.00 Å². The lowest BCUT2D eigenvalue weighted by atomic mass is 10.0. The summed E-state index contributed by atoms with van der Waals surface area (Å²) in [6, 6.07) is 24.7. The standard InChI is InChI=1S/C23H20N2O3/c24-14-7-15-25(20-11-2-1-3-12-20)22(26)17-28-23(27)16-19-10-6-9-18-8-4-5-13-21(18)19/h1-6,8-13H,7,15-17H2. The van der Waals surface area contributed by atoms with Crippen LogP contribution in [0.25, 0.3) is 10.8 Å². The van der Waals surface area contributed by atoms with Crippen molar-refractivity contribution >= 4 is 28.3 Å². The van der Waals surface area contributed by atoms with E-state index in [1.165, 1.54) is 4.90 Å². The van der Waals surface area contributed by atoms with Gasteiger partial charge in [0.2, 0.25) is 0 Å². The molecule has 140 valence electrons. The van der Waals surface area contributed by atoms with E-state index in [0.717, 1.165) is 16.3 Å². The van der Waals surface area contributed by atoms with Crippen molar-refractivity contribution in [2.45, 2.75) is 12.8 Å². The number of carbonyl (C=O) groups is 2. The number of fused-ring (bicyclic) bond motifs is 1. The van der Waals surface area contributed by atoms with Crippen LogP contribution in [0.3, 0.4) is 0 Å². The first-order chi connectivity index (χ1) is 13.7. The van der Waals surface area contributed by atoms with Gasteiger partial charge in [0.25, 0.3) is 5.91 Å². The first kappa shape index (κ1) is 19.1. The van der Waals surface area contributed by atoms with Crippen LogP contribution in [-0.2, 0) is 20.7 Å². The third kappa shape index (κ3) is 4.74. The van der Waals surface area contributed by atoms with Crippen molar-refractivity contribution in [3.63, 3.8) is 0 Å². The molecule has 1 amide bonds. The molecular formula is C23H20N2O3. The lowest BCUT2D eigenvalue weighted by Crippen LogP contribution is -2.35. The molecular weight excluding hydrogens is 352 g/mol. The fraction of sp³-hybridized carbons (Fsp3) is 0.174. The highest BCUT2D eigenvalue weighted by Crippen LogP contribution is 2.19. The van der Waals surface area contributed by atoms with Crippen molar-refractivity contribution in [1.82, 2.24) is 0 Å². The van der Waals surface area contributed by atoms with E-state index in [9.17, 15) is 9.59 Å². The molecule has 0 aliphatic heterocycles. The molecule has 5 heteroatoms. The Morgan fingerprint density at radius 1 is 0.929 bits per heavy atom. The highest BCUT2D eigenvalue weighted by molar-refractivity contribution is 5.95. The summed E-state index contributed by atoms with van der Waals surface area (Å²) in [5, 5.41) is 10.9. The van der Waals surface area contributed by atoms with Crippen molar-refractivity contribution in [2.75, 3.05) is 18.1 Å². The Balaban J connectivity index is 1.64. The number of rotatable bonds is 7. The van der Waals surface area contributed by atoms with E-state index >= 15 is 0 Å². The number of carbonyl (C=O) groups excluding carboxylic acids is 2. The molecule has 0 bridgehead atoms. The van der Waals surface area contributed by atoms with Gasteiger partial charge in [0, 0.05) is 12.2 Å². The Hall–Kier alpha value is -3.65. The smallest absolute Gasteiger partial charge is 0.310 e. The average Bonchev–Trinajstić information content (AvgIpc) is 2.73. The number of nitriles is 1. The van der Waals surface area contributed by atoms with Gasteiger partial charge < -0.3 is 9.64 Å². The van der Waals surface area contributed by atoms with E-state index in [1.54, 1.807) is 12.1 Å². The first-order valence-corrected chi connectivity index (χ1v) is 9.03. The summed E-state index contributed by atoms with van der Waals surface area (Å²) < 4.78 is 5.23. The maximum absolute atomic E-state index is 12.6. The predicted octanol–water partition coefficient (Wildman–Crippen LogP) is 3.87. The van der Waals surface area contributed by atoms with Gasteiger partial charge in [0.05, 0.1) is 18.9 Å². The number of hydrogen-bond donors (Lipinski definition) is 0. The Kier molecular flexibility index (Phi) is 6.37. The van der Waals surface area contributed by atoms with Crippen LogP contribution in [0.5, 0.6) is 0 Å². The molecule has 5 nitrogen and oxygen atoms in total. The number of ether oxygens (including phenoxy) is 1. The minimum Gasteiger partial charge on any atom is -0.455 e. The lowest BCUT2D eigenvalue weighted by molar-refractivity contribution is -0.147. The van der Waals surface area contributed by atoms with Crippen molar-refractivity contribution in [2.24, 2.45) is 0 Å². The van der Waals surface area contributed by atoms with E-state index < -0.39 is 5.97 Å². The monoisotopic (exact) mass is 372 g/mol. The molecule has 0 saturated carbocycles. The zero-order valence-corrected chi connectivity index (χ0v) is 15.4. The Bertz CT molecular complexity index is 1000. The Morgan fingerprint density at radius 3 is 2.43 bits per heavy atom. The van der Waals surface area contributed by atoms with Gasteiger partial charge in [-0.1, -0.05) is 60.7 Å². The SMILES string of the molecule is N#CCCN(C(=O)COC(=O)Cc1cccc2ccccc12)c1ccccc1. The zero-order chi connectivity index (χ0) is 19.8. The molecule has 3 rings (SSSR count). The minimum absolute atomic E-state index is 0.0954. The topological polar surface area (TPSA) is 70.4 Å². The molecule has 0 aliphatic rings. The van der Waals surface area contributed by atoms with Crippen LogP contribution in [-0.4, -0.2) is 25.0 Å². The van der Waals surface area contributed by atoms with Gasteiger partial charge in [-0.25, -0.2) is 0 Å². The summed E-state index contributed by atoms with van der Waals surface area (Å²) >= 11 is 0. The van der Waals surface area contributed by atoms with Crippen molar-refractivity contribution < 1.29 is 14.3 Å². The van der Waals surface area contributed by atoms with E-state index in [2.05, 4.69) is 0 Å². The number of nitrogens with zero attached hydrogens (tertiary/aromatic N) is 2. The van der Waals surface area contributed by atoms with Crippen LogP contribution in [0.1, 0.15) is 12.0 Å². The van der Waals surface area contributed by atoms with Gasteiger partial charge in [-0.2, -0.15) is 5.26 Å². The molecule has 0 radical (unpaired) electrons. The van der Waals surface area contributed by atoms with Gasteiger partial charge in [-0.15, -0.1) is 0 Å². The number of esters is 1.